The Labute approximate surface area is 210 Å². The molecule has 1 fully saturated rings. The van der Waals surface area contributed by atoms with Crippen LogP contribution in [0.1, 0.15) is 67.3 Å². The van der Waals surface area contributed by atoms with Crippen LogP contribution < -0.4 is 5.32 Å². The Hall–Kier alpha value is -3.17. The van der Waals surface area contributed by atoms with E-state index in [4.69, 9.17) is 4.98 Å². The second kappa shape index (κ2) is 11.5. The van der Waals surface area contributed by atoms with Crippen LogP contribution in [0.3, 0.4) is 0 Å². The minimum atomic E-state index is -0.472. The van der Waals surface area contributed by atoms with E-state index in [0.717, 1.165) is 19.0 Å². The zero-order chi connectivity index (χ0) is 23.8. The van der Waals surface area contributed by atoms with Crippen molar-refractivity contribution in [1.29, 1.82) is 0 Å². The van der Waals surface area contributed by atoms with Crippen LogP contribution in [0.2, 0.25) is 0 Å². The Morgan fingerprint density at radius 2 is 1.26 bits per heavy atom. The molecule has 5 rings (SSSR count). The molecule has 0 saturated heterocycles. The largest absolute Gasteiger partial charge is 0.319 e. The zero-order valence-electron chi connectivity index (χ0n) is 20.7. The third-order valence-electron chi connectivity index (χ3n) is 7.50. The van der Waals surface area contributed by atoms with Gasteiger partial charge in [0.25, 0.3) is 0 Å². The third-order valence-corrected chi connectivity index (χ3v) is 7.50. The van der Waals surface area contributed by atoms with Gasteiger partial charge in [-0.05, 0) is 55.3 Å². The zero-order valence-corrected chi connectivity index (χ0v) is 20.7. The van der Waals surface area contributed by atoms with Crippen molar-refractivity contribution in [2.75, 3.05) is 6.54 Å². The van der Waals surface area contributed by atoms with E-state index >= 15 is 0 Å². The normalized spacial score (nSPS) is 14.4. The molecule has 0 spiro atoms. The Bertz CT molecular complexity index is 1050. The summed E-state index contributed by atoms with van der Waals surface area (Å²) in [5.74, 6) is 0. The predicted octanol–water partition coefficient (Wildman–Crippen LogP) is 6.97. The molecule has 1 heterocycles. The molecule has 3 aromatic carbocycles. The Balaban J connectivity index is 1.38. The lowest BCUT2D eigenvalue weighted by Crippen LogP contribution is -2.36. The molecule has 0 atom stereocenters. The van der Waals surface area contributed by atoms with Crippen LogP contribution in [0.4, 0.5) is 0 Å². The summed E-state index contributed by atoms with van der Waals surface area (Å²) in [5, 5.41) is 3.74. The molecule has 4 aromatic rings. The fraction of sp³-hybridized carbons (Fsp3) is 0.344. The van der Waals surface area contributed by atoms with E-state index in [2.05, 4.69) is 107 Å². The highest BCUT2D eigenvalue weighted by atomic mass is 15.1. The second-order valence-electron chi connectivity index (χ2n) is 9.83. The van der Waals surface area contributed by atoms with Crippen molar-refractivity contribution in [3.8, 4) is 0 Å². The molecular weight excluding hydrogens is 426 g/mol. The number of nitrogens with zero attached hydrogens (tertiary/aromatic N) is 2. The number of aryl methyl sites for hydroxylation is 1. The van der Waals surface area contributed by atoms with Gasteiger partial charge in [0, 0.05) is 12.2 Å². The molecular formula is C32H37N3. The lowest BCUT2D eigenvalue weighted by molar-refractivity contribution is 0.502. The molecule has 3 heteroatoms. The predicted molar refractivity (Wildman–Crippen MR) is 145 cm³/mol. The SMILES string of the molecule is c1ccc(C(c2ccccc2)(c2ccccc2)n2cnc(CCCCCNC3CCCC3)c2)cc1. The van der Waals surface area contributed by atoms with Gasteiger partial charge in [-0.3, -0.25) is 0 Å². The first-order valence-corrected chi connectivity index (χ1v) is 13.3. The average molecular weight is 464 g/mol. The van der Waals surface area contributed by atoms with Gasteiger partial charge in [-0.25, -0.2) is 4.98 Å². The van der Waals surface area contributed by atoms with Gasteiger partial charge in [-0.15, -0.1) is 0 Å². The number of hydrogen-bond donors (Lipinski definition) is 1. The molecule has 0 radical (unpaired) electrons. The topological polar surface area (TPSA) is 29.9 Å². The Morgan fingerprint density at radius 1 is 0.714 bits per heavy atom. The Kier molecular flexibility index (Phi) is 7.75. The molecule has 180 valence electrons. The fourth-order valence-electron chi connectivity index (χ4n) is 5.71. The minimum Gasteiger partial charge on any atom is -0.319 e. The van der Waals surface area contributed by atoms with Crippen molar-refractivity contribution in [3.05, 3.63) is 126 Å². The molecule has 0 amide bonds. The first kappa shape index (κ1) is 23.6. The Morgan fingerprint density at radius 3 is 1.80 bits per heavy atom. The molecule has 35 heavy (non-hydrogen) atoms. The quantitative estimate of drug-likeness (QED) is 0.192. The van der Waals surface area contributed by atoms with E-state index in [1.807, 2.05) is 6.33 Å². The monoisotopic (exact) mass is 463 g/mol. The van der Waals surface area contributed by atoms with Crippen molar-refractivity contribution in [1.82, 2.24) is 14.9 Å². The number of benzene rings is 3. The highest BCUT2D eigenvalue weighted by molar-refractivity contribution is 5.50. The van der Waals surface area contributed by atoms with E-state index < -0.39 is 5.54 Å². The fourth-order valence-corrected chi connectivity index (χ4v) is 5.71. The van der Waals surface area contributed by atoms with E-state index in [-0.39, 0.29) is 0 Å². The maximum atomic E-state index is 4.89. The second-order valence-corrected chi connectivity index (χ2v) is 9.83. The van der Waals surface area contributed by atoms with Gasteiger partial charge in [0.15, 0.2) is 0 Å². The van der Waals surface area contributed by atoms with Gasteiger partial charge in [0.1, 0.15) is 5.54 Å². The van der Waals surface area contributed by atoms with Crippen molar-refractivity contribution >= 4 is 0 Å². The van der Waals surface area contributed by atoms with Gasteiger partial charge in [0.2, 0.25) is 0 Å². The lowest BCUT2D eigenvalue weighted by atomic mass is 9.77. The minimum absolute atomic E-state index is 0.472. The van der Waals surface area contributed by atoms with Gasteiger partial charge in [-0.1, -0.05) is 110 Å². The smallest absolute Gasteiger partial charge is 0.121 e. The summed E-state index contributed by atoms with van der Waals surface area (Å²) in [4.78, 5) is 4.89. The number of imidazole rings is 1. The summed E-state index contributed by atoms with van der Waals surface area (Å²) in [6, 6.07) is 33.2. The molecule has 1 N–H and O–H groups in total. The summed E-state index contributed by atoms with van der Waals surface area (Å²) >= 11 is 0. The van der Waals surface area contributed by atoms with Crippen LogP contribution in [0, 0.1) is 0 Å². The molecule has 1 saturated carbocycles. The number of hydrogen-bond acceptors (Lipinski definition) is 2. The maximum Gasteiger partial charge on any atom is 0.121 e. The van der Waals surface area contributed by atoms with Crippen molar-refractivity contribution < 1.29 is 0 Å². The number of rotatable bonds is 11. The van der Waals surface area contributed by atoms with E-state index in [0.29, 0.717) is 0 Å². The summed E-state index contributed by atoms with van der Waals surface area (Å²) in [6.07, 6.45) is 14.5. The number of unbranched alkanes of at least 4 members (excludes halogenated alkanes) is 2. The standard InChI is InChI=1S/C32H37N3/c1-5-15-27(16-6-1)32(28-17-7-2-8-18-28,29-19-9-3-10-20-29)35-25-31(34-26-35)23-11-4-14-24-33-30-21-12-13-22-30/h1-3,5-10,15-20,25-26,30,33H,4,11-14,21-24H2. The van der Waals surface area contributed by atoms with E-state index in [1.54, 1.807) is 0 Å². The van der Waals surface area contributed by atoms with Gasteiger partial charge in [-0.2, -0.15) is 0 Å². The molecule has 3 nitrogen and oxygen atoms in total. The van der Waals surface area contributed by atoms with Crippen molar-refractivity contribution in [2.24, 2.45) is 0 Å². The molecule has 0 aliphatic heterocycles. The van der Waals surface area contributed by atoms with Crippen molar-refractivity contribution in [3.63, 3.8) is 0 Å². The third kappa shape index (κ3) is 5.26. The van der Waals surface area contributed by atoms with Crippen LogP contribution in [-0.2, 0) is 12.0 Å². The van der Waals surface area contributed by atoms with E-state index in [9.17, 15) is 0 Å². The first-order valence-electron chi connectivity index (χ1n) is 13.3. The molecule has 1 aromatic heterocycles. The highest BCUT2D eigenvalue weighted by Crippen LogP contribution is 2.40. The summed E-state index contributed by atoms with van der Waals surface area (Å²) in [6.45, 7) is 1.15. The molecule has 0 bridgehead atoms. The van der Waals surface area contributed by atoms with Crippen LogP contribution in [0.25, 0.3) is 0 Å². The molecule has 0 unspecified atom stereocenters. The van der Waals surface area contributed by atoms with E-state index in [1.165, 1.54) is 67.3 Å². The van der Waals surface area contributed by atoms with Gasteiger partial charge >= 0.3 is 0 Å². The van der Waals surface area contributed by atoms with Crippen LogP contribution in [0.5, 0.6) is 0 Å². The van der Waals surface area contributed by atoms with Crippen LogP contribution in [0.15, 0.2) is 104 Å². The average Bonchev–Trinajstić information content (AvgIpc) is 3.62. The summed E-state index contributed by atoms with van der Waals surface area (Å²) < 4.78 is 2.32. The molecule has 1 aliphatic carbocycles. The number of nitrogens with one attached hydrogen (secondary N) is 1. The summed E-state index contributed by atoms with van der Waals surface area (Å²) in [7, 11) is 0. The highest BCUT2D eigenvalue weighted by Gasteiger charge is 2.38. The summed E-state index contributed by atoms with van der Waals surface area (Å²) in [5.41, 5.74) is 4.40. The molecule has 1 aliphatic rings. The van der Waals surface area contributed by atoms with Crippen LogP contribution >= 0.6 is 0 Å². The van der Waals surface area contributed by atoms with Crippen LogP contribution in [-0.4, -0.2) is 22.1 Å². The maximum absolute atomic E-state index is 4.89. The lowest BCUT2D eigenvalue weighted by Gasteiger charge is -2.37. The van der Waals surface area contributed by atoms with Gasteiger partial charge in [0.05, 0.1) is 12.0 Å². The van der Waals surface area contributed by atoms with Crippen molar-refractivity contribution in [2.45, 2.75) is 62.9 Å². The first-order chi connectivity index (χ1) is 17.4. The van der Waals surface area contributed by atoms with Gasteiger partial charge < -0.3 is 9.88 Å². The number of aromatic nitrogens is 2.